The molecular weight excluding hydrogens is 649 g/mol. The number of aromatic nitrogens is 8. The number of anilines is 2. The first-order valence-electron chi connectivity index (χ1n) is 17.4. The van der Waals surface area contributed by atoms with Crippen LogP contribution in [0.2, 0.25) is 0 Å². The maximum absolute atomic E-state index is 6.11. The zero-order valence-corrected chi connectivity index (χ0v) is 31.0. The van der Waals surface area contributed by atoms with E-state index in [-0.39, 0.29) is 0 Å². The second-order valence-corrected chi connectivity index (χ2v) is 13.1. The van der Waals surface area contributed by atoms with Gasteiger partial charge in [0, 0.05) is 37.6 Å². The fraction of sp³-hybridized carbons (Fsp3) is 0.250. The van der Waals surface area contributed by atoms with Gasteiger partial charge >= 0.3 is 0 Å². The number of aryl methyl sites for hydroxylation is 6. The van der Waals surface area contributed by atoms with E-state index in [0.717, 1.165) is 80.2 Å². The highest BCUT2D eigenvalue weighted by atomic mass is 15.3. The Kier molecular flexibility index (Phi) is 9.66. The highest BCUT2D eigenvalue weighted by Gasteiger charge is 2.19. The fourth-order valence-corrected chi connectivity index (χ4v) is 6.69. The molecule has 6 aromatic rings. The zero-order chi connectivity index (χ0) is 37.4. The molecule has 0 radical (unpaired) electrons. The first-order chi connectivity index (χ1) is 24.8. The van der Waals surface area contributed by atoms with Gasteiger partial charge in [-0.1, -0.05) is 38.5 Å². The third kappa shape index (κ3) is 6.74. The van der Waals surface area contributed by atoms with Crippen molar-refractivity contribution in [2.24, 2.45) is 11.5 Å². The van der Waals surface area contributed by atoms with Gasteiger partial charge in [0.1, 0.15) is 0 Å². The number of hydrogen-bond donors (Lipinski definition) is 4. The van der Waals surface area contributed by atoms with Gasteiger partial charge in [-0.05, 0) is 100 Å². The van der Waals surface area contributed by atoms with Gasteiger partial charge in [0.2, 0.25) is 11.9 Å². The van der Waals surface area contributed by atoms with E-state index in [1.807, 2.05) is 59.6 Å². The van der Waals surface area contributed by atoms with Gasteiger partial charge in [-0.3, -0.25) is 9.36 Å². The molecule has 0 atom stereocenters. The average molecular weight is 697 g/mol. The van der Waals surface area contributed by atoms with Crippen LogP contribution in [0.25, 0.3) is 44.9 Å². The van der Waals surface area contributed by atoms with Gasteiger partial charge < -0.3 is 31.2 Å². The SMILES string of the molecule is C=C(N)c1cc(C)c2c(c1)nc(NC(=C)c1cc(C)nn1CC)n2C/C=C/Cn1c(NC(=C)c2cc(C)nn2CC)nc2cc(C(=C)N)cc(C)c21. The predicted molar refractivity (Wildman–Crippen MR) is 215 cm³/mol. The van der Waals surface area contributed by atoms with Crippen LogP contribution in [0, 0.1) is 27.7 Å². The van der Waals surface area contributed by atoms with Crippen molar-refractivity contribution in [1.29, 1.82) is 0 Å². The van der Waals surface area contributed by atoms with Gasteiger partial charge in [-0.25, -0.2) is 9.97 Å². The van der Waals surface area contributed by atoms with Crippen LogP contribution in [-0.4, -0.2) is 38.7 Å². The summed E-state index contributed by atoms with van der Waals surface area (Å²) < 4.78 is 8.17. The first kappa shape index (κ1) is 35.5. The van der Waals surface area contributed by atoms with Crippen LogP contribution in [0.5, 0.6) is 0 Å². The van der Waals surface area contributed by atoms with Crippen molar-refractivity contribution in [3.63, 3.8) is 0 Å². The standard InChI is InChI=1S/C40H48N12/c1-11-51-35(19-25(5)47-51)29(9)43-39-45-33-21-31(27(7)41)17-23(3)37(33)49(39)15-13-14-16-50-38-24(4)18-32(28(8)42)22-34(38)46-40(50)44-30(10)36-20-26(6)48-52(36)12-2/h13-14,17-22H,7-12,15-16,41-42H2,1-6H3,(H,43,45)(H,44,46)/b14-13+. The van der Waals surface area contributed by atoms with Crippen LogP contribution in [0.1, 0.15) is 58.9 Å². The molecule has 0 saturated carbocycles. The normalized spacial score (nSPS) is 11.6. The number of allylic oxidation sites excluding steroid dienone is 2. The molecule has 12 heteroatoms. The molecule has 2 aromatic carbocycles. The second-order valence-electron chi connectivity index (χ2n) is 13.1. The van der Waals surface area contributed by atoms with Gasteiger partial charge in [0.15, 0.2) is 0 Å². The van der Waals surface area contributed by atoms with Crippen LogP contribution in [0.3, 0.4) is 0 Å². The summed E-state index contributed by atoms with van der Waals surface area (Å²) in [5.74, 6) is 1.32. The Balaban J connectivity index is 1.36. The molecule has 12 nitrogen and oxygen atoms in total. The number of nitrogens with two attached hydrogens (primary N) is 2. The summed E-state index contributed by atoms with van der Waals surface area (Å²) in [5, 5.41) is 16.2. The minimum atomic E-state index is 0.493. The molecule has 52 heavy (non-hydrogen) atoms. The molecule has 0 aliphatic carbocycles. The molecule has 268 valence electrons. The fourth-order valence-electron chi connectivity index (χ4n) is 6.69. The van der Waals surface area contributed by atoms with E-state index < -0.39 is 0 Å². The molecule has 6 N–H and O–H groups in total. The van der Waals surface area contributed by atoms with Gasteiger partial charge in [0.05, 0.1) is 56.2 Å². The van der Waals surface area contributed by atoms with Crippen LogP contribution < -0.4 is 22.1 Å². The summed E-state index contributed by atoms with van der Waals surface area (Å²) in [4.78, 5) is 10.0. The quantitative estimate of drug-likeness (QED) is 0.0866. The summed E-state index contributed by atoms with van der Waals surface area (Å²) in [6, 6.07) is 12.1. The number of fused-ring (bicyclic) bond motifs is 2. The number of benzene rings is 2. The van der Waals surface area contributed by atoms with E-state index in [4.69, 9.17) is 21.4 Å². The molecule has 0 aliphatic heterocycles. The zero-order valence-electron chi connectivity index (χ0n) is 31.0. The maximum atomic E-state index is 6.11. The molecule has 0 aliphatic rings. The summed E-state index contributed by atoms with van der Waals surface area (Å²) >= 11 is 0. The topological polar surface area (TPSA) is 147 Å². The lowest BCUT2D eigenvalue weighted by Crippen LogP contribution is -2.11. The molecule has 0 amide bonds. The van der Waals surface area contributed by atoms with E-state index >= 15 is 0 Å². The van der Waals surface area contributed by atoms with Crippen molar-refractivity contribution in [3.05, 3.63) is 120 Å². The van der Waals surface area contributed by atoms with E-state index in [0.29, 0.717) is 47.8 Å². The predicted octanol–water partition coefficient (Wildman–Crippen LogP) is 7.33. The highest BCUT2D eigenvalue weighted by Crippen LogP contribution is 2.30. The minimum Gasteiger partial charge on any atom is -0.399 e. The molecule has 6 rings (SSSR count). The average Bonchev–Trinajstić information content (AvgIpc) is 3.85. The summed E-state index contributed by atoms with van der Waals surface area (Å²) in [7, 11) is 0. The molecule has 4 heterocycles. The van der Waals surface area contributed by atoms with Gasteiger partial charge in [0.25, 0.3) is 0 Å². The smallest absolute Gasteiger partial charge is 0.208 e. The molecular formula is C40H48N12. The van der Waals surface area contributed by atoms with E-state index in [9.17, 15) is 0 Å². The summed E-state index contributed by atoms with van der Waals surface area (Å²) in [5.41, 5.74) is 25.6. The third-order valence-electron chi connectivity index (χ3n) is 9.10. The lowest BCUT2D eigenvalue weighted by atomic mass is 10.1. The van der Waals surface area contributed by atoms with Crippen LogP contribution in [-0.2, 0) is 26.2 Å². The van der Waals surface area contributed by atoms with Crippen LogP contribution >= 0.6 is 0 Å². The van der Waals surface area contributed by atoms with Crippen molar-refractivity contribution < 1.29 is 0 Å². The molecule has 0 bridgehead atoms. The number of imidazole rings is 2. The monoisotopic (exact) mass is 696 g/mol. The number of nitrogens with zero attached hydrogens (tertiary/aromatic N) is 8. The van der Waals surface area contributed by atoms with Crippen molar-refractivity contribution in [2.75, 3.05) is 10.6 Å². The molecule has 0 saturated heterocycles. The van der Waals surface area contributed by atoms with Gasteiger partial charge in [-0.15, -0.1) is 0 Å². The summed E-state index contributed by atoms with van der Waals surface area (Å²) in [6.07, 6.45) is 4.27. The minimum absolute atomic E-state index is 0.493. The molecule has 0 spiro atoms. The number of nitrogens with one attached hydrogen (secondary N) is 2. The summed E-state index contributed by atoms with van der Waals surface area (Å²) in [6.45, 7) is 31.3. The Labute approximate surface area is 304 Å². The third-order valence-corrected chi connectivity index (χ3v) is 9.10. The van der Waals surface area contributed by atoms with E-state index in [1.54, 1.807) is 0 Å². The number of hydrogen-bond acceptors (Lipinski definition) is 8. The molecule has 4 aromatic heterocycles. The van der Waals surface area contributed by atoms with Gasteiger partial charge in [-0.2, -0.15) is 10.2 Å². The molecule has 0 unspecified atom stereocenters. The van der Waals surface area contributed by atoms with Crippen LogP contribution in [0.15, 0.2) is 74.9 Å². The Morgan fingerprint density at radius 1 is 0.635 bits per heavy atom. The van der Waals surface area contributed by atoms with Crippen molar-refractivity contribution >= 4 is 56.8 Å². The van der Waals surface area contributed by atoms with E-state index in [1.165, 1.54) is 0 Å². The Bertz CT molecular complexity index is 2250. The van der Waals surface area contributed by atoms with Crippen molar-refractivity contribution in [3.8, 4) is 0 Å². The largest absolute Gasteiger partial charge is 0.399 e. The Morgan fingerprint density at radius 2 is 1.02 bits per heavy atom. The lowest BCUT2D eigenvalue weighted by Gasteiger charge is -2.14. The molecule has 0 fully saturated rings. The Hall–Kier alpha value is -6.30. The maximum Gasteiger partial charge on any atom is 0.208 e. The Morgan fingerprint density at radius 3 is 1.37 bits per heavy atom. The van der Waals surface area contributed by atoms with Crippen molar-refractivity contribution in [1.82, 2.24) is 38.7 Å². The first-order valence-corrected chi connectivity index (χ1v) is 17.4. The van der Waals surface area contributed by atoms with Crippen LogP contribution in [0.4, 0.5) is 11.9 Å². The second kappa shape index (κ2) is 14.1. The van der Waals surface area contributed by atoms with E-state index in [2.05, 4.69) is 96.1 Å². The highest BCUT2D eigenvalue weighted by molar-refractivity contribution is 5.88. The number of rotatable bonds is 14. The lowest BCUT2D eigenvalue weighted by molar-refractivity contribution is 0.645. The van der Waals surface area contributed by atoms with Crippen molar-refractivity contribution in [2.45, 2.75) is 67.7 Å².